The van der Waals surface area contributed by atoms with E-state index in [1.807, 2.05) is 0 Å². The largest absolute Gasteiger partial charge is 0.356 e. The fourth-order valence-electron chi connectivity index (χ4n) is 2.72. The molecule has 1 heterocycles. The summed E-state index contributed by atoms with van der Waals surface area (Å²) in [6.07, 6.45) is 10.4. The summed E-state index contributed by atoms with van der Waals surface area (Å²) < 4.78 is 0. The average molecular weight is 278 g/mol. The summed E-state index contributed by atoms with van der Waals surface area (Å²) in [6, 6.07) is 0. The third kappa shape index (κ3) is 2.93. The SMILES string of the molecule is CN1C(=O)C(=C/C=C/C2CCCCC2)C(=O)N(C)C1O. The minimum atomic E-state index is -1.19. The number of carbonyl (C=O) groups excluding carboxylic acids is 2. The van der Waals surface area contributed by atoms with Gasteiger partial charge in [-0.1, -0.05) is 31.4 Å². The summed E-state index contributed by atoms with van der Waals surface area (Å²) in [6.45, 7) is 0. The van der Waals surface area contributed by atoms with Gasteiger partial charge in [0.2, 0.25) is 6.35 Å². The third-order valence-electron chi connectivity index (χ3n) is 4.09. The summed E-state index contributed by atoms with van der Waals surface area (Å²) in [5, 5.41) is 9.70. The number of likely N-dealkylation sites (N-methyl/N-ethyl adjacent to an activating group) is 2. The Morgan fingerprint density at radius 1 is 1.05 bits per heavy atom. The molecule has 1 aliphatic carbocycles. The number of aliphatic hydroxyl groups excluding tert-OH is 1. The van der Waals surface area contributed by atoms with Crippen molar-refractivity contribution >= 4 is 11.8 Å². The van der Waals surface area contributed by atoms with E-state index < -0.39 is 18.2 Å². The van der Waals surface area contributed by atoms with Gasteiger partial charge in [0, 0.05) is 14.1 Å². The molecule has 5 heteroatoms. The number of rotatable bonds is 2. The first-order chi connectivity index (χ1) is 9.52. The van der Waals surface area contributed by atoms with Crippen molar-refractivity contribution < 1.29 is 14.7 Å². The molecule has 1 N–H and O–H groups in total. The molecule has 1 saturated carbocycles. The minimum absolute atomic E-state index is 0.104. The van der Waals surface area contributed by atoms with Crippen molar-refractivity contribution in [1.82, 2.24) is 9.80 Å². The lowest BCUT2D eigenvalue weighted by Crippen LogP contribution is -2.56. The highest BCUT2D eigenvalue weighted by Gasteiger charge is 2.37. The van der Waals surface area contributed by atoms with Crippen LogP contribution in [0.3, 0.4) is 0 Å². The van der Waals surface area contributed by atoms with Crippen LogP contribution in [0.15, 0.2) is 23.8 Å². The Kier molecular flexibility index (Phi) is 4.60. The molecule has 5 nitrogen and oxygen atoms in total. The zero-order valence-corrected chi connectivity index (χ0v) is 12.1. The van der Waals surface area contributed by atoms with E-state index in [-0.39, 0.29) is 5.57 Å². The average Bonchev–Trinajstić information content (AvgIpc) is 2.48. The highest BCUT2D eigenvalue weighted by Crippen LogP contribution is 2.24. The maximum Gasteiger partial charge on any atom is 0.262 e. The van der Waals surface area contributed by atoms with Gasteiger partial charge in [0.05, 0.1) is 0 Å². The lowest BCUT2D eigenvalue weighted by atomic mass is 9.89. The zero-order chi connectivity index (χ0) is 14.7. The van der Waals surface area contributed by atoms with Gasteiger partial charge in [-0.3, -0.25) is 19.4 Å². The molecule has 0 aromatic heterocycles. The first-order valence-corrected chi connectivity index (χ1v) is 7.13. The van der Waals surface area contributed by atoms with Crippen molar-refractivity contribution in [2.45, 2.75) is 38.5 Å². The number of allylic oxidation sites excluding steroid dienone is 3. The lowest BCUT2D eigenvalue weighted by Gasteiger charge is -2.36. The van der Waals surface area contributed by atoms with E-state index in [1.165, 1.54) is 46.2 Å². The van der Waals surface area contributed by atoms with E-state index >= 15 is 0 Å². The van der Waals surface area contributed by atoms with Crippen molar-refractivity contribution in [3.8, 4) is 0 Å². The summed E-state index contributed by atoms with van der Waals surface area (Å²) >= 11 is 0. The molecule has 2 rings (SSSR count). The number of hydrogen-bond donors (Lipinski definition) is 1. The highest BCUT2D eigenvalue weighted by atomic mass is 16.3. The van der Waals surface area contributed by atoms with E-state index in [2.05, 4.69) is 6.08 Å². The second-order valence-corrected chi connectivity index (χ2v) is 5.54. The van der Waals surface area contributed by atoms with Crippen LogP contribution in [0.5, 0.6) is 0 Å². The van der Waals surface area contributed by atoms with Crippen LogP contribution in [-0.2, 0) is 9.59 Å². The molecule has 0 aromatic carbocycles. The van der Waals surface area contributed by atoms with Gasteiger partial charge in [0.15, 0.2) is 0 Å². The molecule has 0 bridgehead atoms. The van der Waals surface area contributed by atoms with Crippen LogP contribution < -0.4 is 0 Å². The zero-order valence-electron chi connectivity index (χ0n) is 12.1. The van der Waals surface area contributed by atoms with Crippen molar-refractivity contribution in [2.75, 3.05) is 14.1 Å². The summed E-state index contributed by atoms with van der Waals surface area (Å²) in [4.78, 5) is 26.3. The van der Waals surface area contributed by atoms with Crippen molar-refractivity contribution in [3.63, 3.8) is 0 Å². The Bertz CT molecular complexity index is 426. The predicted molar refractivity (Wildman–Crippen MR) is 75.3 cm³/mol. The van der Waals surface area contributed by atoms with Crippen molar-refractivity contribution in [3.05, 3.63) is 23.8 Å². The van der Waals surface area contributed by atoms with Gasteiger partial charge in [-0.25, -0.2) is 0 Å². The Morgan fingerprint density at radius 2 is 1.60 bits per heavy atom. The van der Waals surface area contributed by atoms with E-state index in [9.17, 15) is 14.7 Å². The molecule has 2 aliphatic rings. The first kappa shape index (κ1) is 14.8. The molecular formula is C15H22N2O3. The predicted octanol–water partition coefficient (Wildman–Crippen LogP) is 1.26. The molecule has 20 heavy (non-hydrogen) atoms. The van der Waals surface area contributed by atoms with E-state index in [0.717, 1.165) is 9.80 Å². The maximum atomic E-state index is 12.0. The Labute approximate surface area is 119 Å². The number of amides is 2. The molecule has 110 valence electrons. The van der Waals surface area contributed by atoms with E-state index in [1.54, 1.807) is 12.2 Å². The van der Waals surface area contributed by atoms with Gasteiger partial charge in [0.1, 0.15) is 5.57 Å². The fourth-order valence-corrected chi connectivity index (χ4v) is 2.72. The van der Waals surface area contributed by atoms with Gasteiger partial charge in [-0.05, 0) is 24.8 Å². The van der Waals surface area contributed by atoms with Gasteiger partial charge in [-0.15, -0.1) is 0 Å². The Morgan fingerprint density at radius 3 is 2.15 bits per heavy atom. The standard InChI is InChI=1S/C15H22N2O3/c1-16-13(18)12(14(19)17(2)15(16)20)10-6-9-11-7-4-3-5-8-11/h6,9-11,15,20H,3-5,7-8H2,1-2H3/b9-6+,12-10?. The quantitative estimate of drug-likeness (QED) is 0.611. The molecule has 0 spiro atoms. The topological polar surface area (TPSA) is 60.9 Å². The van der Waals surface area contributed by atoms with Gasteiger partial charge < -0.3 is 5.11 Å². The first-order valence-electron chi connectivity index (χ1n) is 7.13. The smallest absolute Gasteiger partial charge is 0.262 e. The van der Waals surface area contributed by atoms with E-state index in [0.29, 0.717) is 5.92 Å². The molecular weight excluding hydrogens is 256 g/mol. The van der Waals surface area contributed by atoms with Crippen molar-refractivity contribution in [2.24, 2.45) is 5.92 Å². The van der Waals surface area contributed by atoms with Crippen LogP contribution in [0.2, 0.25) is 0 Å². The van der Waals surface area contributed by atoms with Crippen molar-refractivity contribution in [1.29, 1.82) is 0 Å². The number of carbonyl (C=O) groups is 2. The lowest BCUT2D eigenvalue weighted by molar-refractivity contribution is -0.167. The fraction of sp³-hybridized carbons (Fsp3) is 0.600. The monoisotopic (exact) mass is 278 g/mol. The van der Waals surface area contributed by atoms with Gasteiger partial charge in [0.25, 0.3) is 11.8 Å². The van der Waals surface area contributed by atoms with Crippen LogP contribution in [-0.4, -0.2) is 47.2 Å². The van der Waals surface area contributed by atoms with Gasteiger partial charge >= 0.3 is 0 Å². The number of aliphatic hydroxyl groups is 1. The molecule has 0 radical (unpaired) electrons. The summed E-state index contributed by atoms with van der Waals surface area (Å²) in [7, 11) is 2.96. The molecule has 0 aromatic rings. The van der Waals surface area contributed by atoms with Crippen LogP contribution in [0.25, 0.3) is 0 Å². The Hall–Kier alpha value is -1.62. The van der Waals surface area contributed by atoms with Crippen LogP contribution in [0.1, 0.15) is 32.1 Å². The second-order valence-electron chi connectivity index (χ2n) is 5.54. The minimum Gasteiger partial charge on any atom is -0.356 e. The van der Waals surface area contributed by atoms with Crippen LogP contribution in [0, 0.1) is 5.92 Å². The molecule has 0 atom stereocenters. The molecule has 1 aliphatic heterocycles. The molecule has 0 unspecified atom stereocenters. The second kappa shape index (κ2) is 6.22. The summed E-state index contributed by atoms with van der Waals surface area (Å²) in [5.41, 5.74) is 0.104. The molecule has 2 amide bonds. The van der Waals surface area contributed by atoms with Crippen LogP contribution in [0.4, 0.5) is 0 Å². The number of nitrogens with zero attached hydrogens (tertiary/aromatic N) is 2. The van der Waals surface area contributed by atoms with E-state index in [4.69, 9.17) is 0 Å². The summed E-state index contributed by atoms with van der Waals surface area (Å²) in [5.74, 6) is -0.321. The highest BCUT2D eigenvalue weighted by molar-refractivity contribution is 6.19. The van der Waals surface area contributed by atoms with Crippen LogP contribution >= 0.6 is 0 Å². The van der Waals surface area contributed by atoms with Gasteiger partial charge in [-0.2, -0.15) is 0 Å². The number of hydrogen-bond acceptors (Lipinski definition) is 3. The normalized spacial score (nSPS) is 25.8. The molecule has 1 saturated heterocycles. The molecule has 2 fully saturated rings. The Balaban J connectivity index is 2.09. The third-order valence-corrected chi connectivity index (χ3v) is 4.09. The maximum absolute atomic E-state index is 12.0.